The Morgan fingerprint density at radius 1 is 0.967 bits per heavy atom. The van der Waals surface area contributed by atoms with Crippen LogP contribution in [0.2, 0.25) is 0 Å². The summed E-state index contributed by atoms with van der Waals surface area (Å²) in [5, 5.41) is 9.20. The molecular formula is C25H18N2O3. The molecule has 0 radical (unpaired) electrons. The third-order valence-corrected chi connectivity index (χ3v) is 4.88. The van der Waals surface area contributed by atoms with Gasteiger partial charge in [-0.3, -0.25) is 4.79 Å². The van der Waals surface area contributed by atoms with E-state index in [4.69, 9.17) is 4.74 Å². The molecule has 0 aliphatic carbocycles. The molecule has 0 saturated heterocycles. The van der Waals surface area contributed by atoms with Gasteiger partial charge < -0.3 is 9.14 Å². The van der Waals surface area contributed by atoms with Crippen molar-refractivity contribution >= 4 is 17.3 Å². The Balaban J connectivity index is 1.76. The first-order chi connectivity index (χ1) is 14.6. The second-order valence-electron chi connectivity index (χ2n) is 6.72. The van der Waals surface area contributed by atoms with Crippen LogP contribution >= 0.6 is 0 Å². The lowest BCUT2D eigenvalue weighted by atomic mass is 10.0. The summed E-state index contributed by atoms with van der Waals surface area (Å²) in [6.07, 6.45) is 1.63. The van der Waals surface area contributed by atoms with Gasteiger partial charge in [0.1, 0.15) is 0 Å². The Morgan fingerprint density at radius 3 is 2.33 bits per heavy atom. The third kappa shape index (κ3) is 3.47. The van der Waals surface area contributed by atoms with Gasteiger partial charge in [0, 0.05) is 11.8 Å². The molecule has 30 heavy (non-hydrogen) atoms. The van der Waals surface area contributed by atoms with Crippen molar-refractivity contribution in [2.45, 2.75) is 6.92 Å². The fraction of sp³-hybridized carbons (Fsp3) is 0.0800. The van der Waals surface area contributed by atoms with E-state index in [1.807, 2.05) is 42.5 Å². The Labute approximate surface area is 173 Å². The standard InChI is InChI=1S/C25H18N2O3/c1-2-30-25(29)21-15-23(27-13-12-17(16-26)14-22(21)27)24(28)20-10-8-19(9-11-20)18-6-4-3-5-7-18/h3-15H,2H2,1H3. The first-order valence-electron chi connectivity index (χ1n) is 9.55. The predicted molar refractivity (Wildman–Crippen MR) is 113 cm³/mol. The van der Waals surface area contributed by atoms with Crippen LogP contribution in [-0.2, 0) is 4.74 Å². The highest BCUT2D eigenvalue weighted by molar-refractivity contribution is 6.11. The molecule has 0 saturated carbocycles. The van der Waals surface area contributed by atoms with Gasteiger partial charge in [-0.05, 0) is 36.2 Å². The summed E-state index contributed by atoms with van der Waals surface area (Å²) in [6.45, 7) is 1.94. The zero-order chi connectivity index (χ0) is 21.1. The number of ether oxygens (including phenoxy) is 1. The van der Waals surface area contributed by atoms with Crippen LogP contribution in [0, 0.1) is 11.3 Å². The lowest BCUT2D eigenvalue weighted by molar-refractivity contribution is 0.0529. The molecule has 5 nitrogen and oxygen atoms in total. The number of carbonyl (C=O) groups excluding carboxylic acids is 2. The van der Waals surface area contributed by atoms with Crippen molar-refractivity contribution in [3.05, 3.63) is 101 Å². The molecule has 0 atom stereocenters. The van der Waals surface area contributed by atoms with E-state index in [9.17, 15) is 14.9 Å². The molecule has 0 aliphatic rings. The van der Waals surface area contributed by atoms with Gasteiger partial charge in [-0.2, -0.15) is 5.26 Å². The molecule has 0 N–H and O–H groups in total. The van der Waals surface area contributed by atoms with E-state index in [1.54, 1.807) is 41.8 Å². The zero-order valence-corrected chi connectivity index (χ0v) is 16.3. The molecule has 5 heteroatoms. The van der Waals surface area contributed by atoms with E-state index >= 15 is 0 Å². The van der Waals surface area contributed by atoms with Crippen molar-refractivity contribution in [3.8, 4) is 17.2 Å². The molecule has 4 aromatic rings. The quantitative estimate of drug-likeness (QED) is 0.357. The minimum atomic E-state index is -0.524. The van der Waals surface area contributed by atoms with E-state index in [0.717, 1.165) is 11.1 Å². The molecule has 0 bridgehead atoms. The van der Waals surface area contributed by atoms with Crippen molar-refractivity contribution in [3.63, 3.8) is 0 Å². The number of nitriles is 1. The lowest BCUT2D eigenvalue weighted by Crippen LogP contribution is -2.05. The smallest absolute Gasteiger partial charge is 0.340 e. The van der Waals surface area contributed by atoms with Gasteiger partial charge in [-0.15, -0.1) is 0 Å². The molecule has 2 heterocycles. The van der Waals surface area contributed by atoms with Crippen LogP contribution in [0.1, 0.15) is 38.9 Å². The highest BCUT2D eigenvalue weighted by Crippen LogP contribution is 2.24. The first kappa shape index (κ1) is 19.2. The molecule has 0 amide bonds. The van der Waals surface area contributed by atoms with Crippen LogP contribution in [0.25, 0.3) is 16.6 Å². The number of hydrogen-bond donors (Lipinski definition) is 0. The molecule has 0 fully saturated rings. The summed E-state index contributed by atoms with van der Waals surface area (Å²) >= 11 is 0. The second-order valence-corrected chi connectivity index (χ2v) is 6.72. The number of nitrogens with zero attached hydrogens (tertiary/aromatic N) is 2. The Kier molecular flexibility index (Phi) is 5.15. The fourth-order valence-corrected chi connectivity index (χ4v) is 3.41. The van der Waals surface area contributed by atoms with E-state index in [0.29, 0.717) is 22.3 Å². The SMILES string of the molecule is CCOC(=O)c1cc(C(=O)c2ccc(-c3ccccc3)cc2)n2ccc(C#N)cc12. The van der Waals surface area contributed by atoms with Gasteiger partial charge >= 0.3 is 5.97 Å². The number of hydrogen-bond acceptors (Lipinski definition) is 4. The minimum Gasteiger partial charge on any atom is -0.462 e. The average Bonchev–Trinajstić information content (AvgIpc) is 3.18. The largest absolute Gasteiger partial charge is 0.462 e. The summed E-state index contributed by atoms with van der Waals surface area (Å²) in [7, 11) is 0. The van der Waals surface area contributed by atoms with Crippen LogP contribution in [-0.4, -0.2) is 22.8 Å². The first-order valence-corrected chi connectivity index (χ1v) is 9.55. The minimum absolute atomic E-state index is 0.218. The number of esters is 1. The molecule has 146 valence electrons. The number of fused-ring (bicyclic) bond motifs is 1. The van der Waals surface area contributed by atoms with Gasteiger partial charge in [0.2, 0.25) is 5.78 Å². The summed E-state index contributed by atoms with van der Waals surface area (Å²) < 4.78 is 6.75. The molecule has 4 rings (SSSR count). The highest BCUT2D eigenvalue weighted by atomic mass is 16.5. The molecule has 2 aromatic heterocycles. The third-order valence-electron chi connectivity index (χ3n) is 4.88. The van der Waals surface area contributed by atoms with Crippen molar-refractivity contribution in [1.82, 2.24) is 4.40 Å². The van der Waals surface area contributed by atoms with Crippen molar-refractivity contribution in [2.75, 3.05) is 6.61 Å². The van der Waals surface area contributed by atoms with Gasteiger partial charge in [0.05, 0.1) is 35.0 Å². The van der Waals surface area contributed by atoms with Gasteiger partial charge in [0.15, 0.2) is 0 Å². The van der Waals surface area contributed by atoms with Crippen LogP contribution in [0.3, 0.4) is 0 Å². The molecule has 2 aromatic carbocycles. The second kappa shape index (κ2) is 8.06. The summed E-state index contributed by atoms with van der Waals surface area (Å²) in [6, 6.07) is 24.0. The lowest BCUT2D eigenvalue weighted by Gasteiger charge is -2.05. The Bertz CT molecular complexity index is 1280. The maximum atomic E-state index is 13.2. The molecular weight excluding hydrogens is 376 g/mol. The number of carbonyl (C=O) groups is 2. The van der Waals surface area contributed by atoms with Gasteiger partial charge in [-0.25, -0.2) is 4.79 Å². The number of ketones is 1. The molecule has 0 unspecified atom stereocenters. The van der Waals surface area contributed by atoms with E-state index in [2.05, 4.69) is 6.07 Å². The summed E-state index contributed by atoms with van der Waals surface area (Å²) in [5.41, 5.74) is 4.06. The number of benzene rings is 2. The number of rotatable bonds is 5. The molecule has 0 spiro atoms. The topological polar surface area (TPSA) is 71.6 Å². The van der Waals surface area contributed by atoms with Gasteiger partial charge in [0.25, 0.3) is 0 Å². The normalized spacial score (nSPS) is 10.5. The van der Waals surface area contributed by atoms with Crippen LogP contribution < -0.4 is 0 Å². The predicted octanol–water partition coefficient (Wildman–Crippen LogP) is 4.89. The monoisotopic (exact) mass is 394 g/mol. The average molecular weight is 394 g/mol. The van der Waals surface area contributed by atoms with E-state index < -0.39 is 5.97 Å². The van der Waals surface area contributed by atoms with E-state index in [1.165, 1.54) is 6.07 Å². The Hall–Kier alpha value is -4.17. The van der Waals surface area contributed by atoms with E-state index in [-0.39, 0.29) is 18.0 Å². The fourth-order valence-electron chi connectivity index (χ4n) is 3.41. The van der Waals surface area contributed by atoms with Crippen LogP contribution in [0.5, 0.6) is 0 Å². The van der Waals surface area contributed by atoms with Crippen molar-refractivity contribution in [2.24, 2.45) is 0 Å². The maximum absolute atomic E-state index is 13.2. The summed E-state index contributed by atoms with van der Waals surface area (Å²) in [5.74, 6) is -0.742. The van der Waals surface area contributed by atoms with Crippen molar-refractivity contribution < 1.29 is 14.3 Å². The maximum Gasteiger partial charge on any atom is 0.340 e. The number of aromatic nitrogens is 1. The zero-order valence-electron chi connectivity index (χ0n) is 16.3. The summed E-state index contributed by atoms with van der Waals surface area (Å²) in [4.78, 5) is 25.6. The molecule has 0 aliphatic heterocycles. The van der Waals surface area contributed by atoms with Crippen LogP contribution in [0.15, 0.2) is 79.0 Å². The van der Waals surface area contributed by atoms with Crippen molar-refractivity contribution in [1.29, 1.82) is 5.26 Å². The highest BCUT2D eigenvalue weighted by Gasteiger charge is 2.21. The van der Waals surface area contributed by atoms with Gasteiger partial charge in [-0.1, -0.05) is 54.6 Å². The Morgan fingerprint density at radius 2 is 1.67 bits per heavy atom. The number of pyridine rings is 1. The van der Waals surface area contributed by atoms with Crippen LogP contribution in [0.4, 0.5) is 0 Å².